The van der Waals surface area contributed by atoms with Crippen LogP contribution >= 0.6 is 11.3 Å². The molecule has 0 saturated heterocycles. The first kappa shape index (κ1) is 15.8. The van der Waals surface area contributed by atoms with Crippen LogP contribution in [0, 0.1) is 0 Å². The van der Waals surface area contributed by atoms with Crippen molar-refractivity contribution in [3.63, 3.8) is 0 Å². The molecule has 7 heteroatoms. The molecule has 0 saturated carbocycles. The van der Waals surface area contributed by atoms with Crippen LogP contribution in [0.1, 0.15) is 13.3 Å². The van der Waals surface area contributed by atoms with Crippen LogP contribution < -0.4 is 9.60 Å². The average molecular weight is 348 g/mol. The molecule has 1 heterocycles. The lowest BCUT2D eigenvalue weighted by molar-refractivity contribution is 0.601. The van der Waals surface area contributed by atoms with Crippen molar-refractivity contribution < 1.29 is 8.42 Å². The van der Waals surface area contributed by atoms with Crippen LogP contribution in [-0.2, 0) is 16.6 Å². The number of benzene rings is 2. The van der Waals surface area contributed by atoms with E-state index in [2.05, 4.69) is 4.72 Å². The van der Waals surface area contributed by atoms with Crippen LogP contribution in [0.5, 0.6) is 0 Å². The largest absolute Gasteiger partial charge is 0.308 e. The van der Waals surface area contributed by atoms with E-state index in [1.165, 1.54) is 12.1 Å². The molecule has 120 valence electrons. The first-order chi connectivity index (χ1) is 11.0. The molecular weight excluding hydrogens is 332 g/mol. The van der Waals surface area contributed by atoms with Crippen molar-refractivity contribution in [1.29, 1.82) is 0 Å². The SMILES string of the molecule is CCCn1c(=O)sc2cc(NS(=O)(=O)c3ccccc3)ccc21. The van der Waals surface area contributed by atoms with Gasteiger partial charge in [0.2, 0.25) is 0 Å². The van der Waals surface area contributed by atoms with E-state index in [0.717, 1.165) is 28.0 Å². The average Bonchev–Trinajstić information content (AvgIpc) is 2.83. The minimum atomic E-state index is -3.63. The van der Waals surface area contributed by atoms with E-state index < -0.39 is 10.0 Å². The lowest BCUT2D eigenvalue weighted by atomic mass is 10.3. The summed E-state index contributed by atoms with van der Waals surface area (Å²) in [6.07, 6.45) is 0.869. The van der Waals surface area contributed by atoms with Crippen LogP contribution in [0.2, 0.25) is 0 Å². The van der Waals surface area contributed by atoms with Crippen LogP contribution in [0.25, 0.3) is 10.2 Å². The molecule has 0 atom stereocenters. The molecule has 1 N–H and O–H groups in total. The number of hydrogen-bond acceptors (Lipinski definition) is 4. The number of fused-ring (bicyclic) bond motifs is 1. The summed E-state index contributed by atoms with van der Waals surface area (Å²) in [6, 6.07) is 13.4. The zero-order chi connectivity index (χ0) is 16.4. The van der Waals surface area contributed by atoms with Crippen LogP contribution in [0.3, 0.4) is 0 Å². The maximum absolute atomic E-state index is 12.3. The molecule has 23 heavy (non-hydrogen) atoms. The second kappa shape index (κ2) is 6.17. The Morgan fingerprint density at radius 1 is 1.13 bits per heavy atom. The minimum absolute atomic E-state index is 0.0232. The fourth-order valence-electron chi connectivity index (χ4n) is 2.38. The lowest BCUT2D eigenvalue weighted by Crippen LogP contribution is -2.13. The van der Waals surface area contributed by atoms with E-state index in [0.29, 0.717) is 12.2 Å². The molecule has 0 aliphatic rings. The van der Waals surface area contributed by atoms with Gasteiger partial charge in [0.25, 0.3) is 10.0 Å². The van der Waals surface area contributed by atoms with Gasteiger partial charge in [0, 0.05) is 6.54 Å². The smallest absolute Gasteiger partial charge is 0.299 e. The highest BCUT2D eigenvalue weighted by molar-refractivity contribution is 7.92. The number of rotatable bonds is 5. The fraction of sp³-hybridized carbons (Fsp3) is 0.188. The molecule has 0 bridgehead atoms. The molecule has 0 radical (unpaired) electrons. The molecule has 0 spiro atoms. The first-order valence-electron chi connectivity index (χ1n) is 7.22. The Balaban J connectivity index is 1.97. The maximum atomic E-state index is 12.3. The highest BCUT2D eigenvalue weighted by atomic mass is 32.2. The summed E-state index contributed by atoms with van der Waals surface area (Å²) < 4.78 is 29.7. The van der Waals surface area contributed by atoms with Gasteiger partial charge in [-0.3, -0.25) is 14.1 Å². The first-order valence-corrected chi connectivity index (χ1v) is 9.52. The van der Waals surface area contributed by atoms with Gasteiger partial charge >= 0.3 is 4.87 Å². The second-order valence-corrected chi connectivity index (χ2v) is 7.80. The molecule has 0 aliphatic carbocycles. The topological polar surface area (TPSA) is 68.2 Å². The molecule has 0 unspecified atom stereocenters. The van der Waals surface area contributed by atoms with Gasteiger partial charge in [-0.15, -0.1) is 0 Å². The third-order valence-electron chi connectivity index (χ3n) is 3.42. The Bertz CT molecular complexity index is 989. The number of nitrogens with zero attached hydrogens (tertiary/aromatic N) is 1. The molecule has 0 amide bonds. The predicted octanol–water partition coefficient (Wildman–Crippen LogP) is 3.27. The quantitative estimate of drug-likeness (QED) is 0.769. The number of thiazole rings is 1. The van der Waals surface area contributed by atoms with Crippen molar-refractivity contribution in [3.05, 3.63) is 58.2 Å². The Hall–Kier alpha value is -2.12. The van der Waals surface area contributed by atoms with Crippen LogP contribution in [0.4, 0.5) is 5.69 Å². The number of anilines is 1. The van der Waals surface area contributed by atoms with E-state index in [9.17, 15) is 13.2 Å². The molecule has 3 aromatic rings. The highest BCUT2D eigenvalue weighted by Gasteiger charge is 2.14. The molecule has 3 rings (SSSR count). The van der Waals surface area contributed by atoms with Gasteiger partial charge in [0.05, 0.1) is 20.8 Å². The zero-order valence-electron chi connectivity index (χ0n) is 12.5. The highest BCUT2D eigenvalue weighted by Crippen LogP contribution is 2.24. The summed E-state index contributed by atoms with van der Waals surface area (Å²) >= 11 is 1.13. The molecule has 1 aromatic heterocycles. The third kappa shape index (κ3) is 3.16. The molecular formula is C16H16N2O3S2. The number of nitrogens with one attached hydrogen (secondary N) is 1. The molecule has 0 aliphatic heterocycles. The van der Waals surface area contributed by atoms with E-state index in [1.54, 1.807) is 41.0 Å². The fourth-order valence-corrected chi connectivity index (χ4v) is 4.41. The monoisotopic (exact) mass is 348 g/mol. The second-order valence-electron chi connectivity index (χ2n) is 5.12. The number of aromatic nitrogens is 1. The Kier molecular flexibility index (Phi) is 4.23. The van der Waals surface area contributed by atoms with Gasteiger partial charge in [0.1, 0.15) is 0 Å². The summed E-state index contributed by atoms with van der Waals surface area (Å²) in [5.74, 6) is 0. The van der Waals surface area contributed by atoms with Gasteiger partial charge in [0.15, 0.2) is 0 Å². The van der Waals surface area contributed by atoms with Crippen LogP contribution in [0.15, 0.2) is 58.2 Å². The summed E-state index contributed by atoms with van der Waals surface area (Å²) in [5, 5.41) is 0. The molecule has 2 aromatic carbocycles. The van der Waals surface area contributed by atoms with Crippen molar-refractivity contribution in [1.82, 2.24) is 4.57 Å². The van der Waals surface area contributed by atoms with Gasteiger partial charge < -0.3 is 0 Å². The molecule has 0 fully saturated rings. The van der Waals surface area contributed by atoms with Gasteiger partial charge in [-0.2, -0.15) is 0 Å². The maximum Gasteiger partial charge on any atom is 0.308 e. The number of hydrogen-bond donors (Lipinski definition) is 1. The van der Waals surface area contributed by atoms with Crippen molar-refractivity contribution in [2.75, 3.05) is 4.72 Å². The lowest BCUT2D eigenvalue weighted by Gasteiger charge is -2.08. The molecule has 5 nitrogen and oxygen atoms in total. The van der Waals surface area contributed by atoms with Crippen LogP contribution in [-0.4, -0.2) is 13.0 Å². The van der Waals surface area contributed by atoms with E-state index in [4.69, 9.17) is 0 Å². The Morgan fingerprint density at radius 2 is 1.87 bits per heavy atom. The summed E-state index contributed by atoms with van der Waals surface area (Å²) in [6.45, 7) is 2.67. The van der Waals surface area contributed by atoms with E-state index in [-0.39, 0.29) is 9.77 Å². The van der Waals surface area contributed by atoms with Gasteiger partial charge in [-0.1, -0.05) is 36.5 Å². The standard InChI is InChI=1S/C16H16N2O3S2/c1-2-10-18-14-9-8-12(11-15(14)22-16(18)19)17-23(20,21)13-6-4-3-5-7-13/h3-9,11,17H,2,10H2,1H3. The van der Waals surface area contributed by atoms with Crippen molar-refractivity contribution in [2.45, 2.75) is 24.8 Å². The summed E-state index contributed by atoms with van der Waals surface area (Å²) in [4.78, 5) is 12.2. The van der Waals surface area contributed by atoms with E-state index >= 15 is 0 Å². The summed E-state index contributed by atoms with van der Waals surface area (Å²) in [7, 11) is -3.63. The predicted molar refractivity (Wildman–Crippen MR) is 93.6 cm³/mol. The van der Waals surface area contributed by atoms with Crippen molar-refractivity contribution >= 4 is 37.3 Å². The minimum Gasteiger partial charge on any atom is -0.299 e. The number of aryl methyl sites for hydroxylation is 1. The Morgan fingerprint density at radius 3 is 2.57 bits per heavy atom. The number of sulfonamides is 1. The third-order valence-corrected chi connectivity index (χ3v) is 5.76. The van der Waals surface area contributed by atoms with Gasteiger partial charge in [-0.05, 0) is 36.8 Å². The Labute approximate surface area is 138 Å². The summed E-state index contributed by atoms with van der Waals surface area (Å²) in [5.41, 5.74) is 1.29. The zero-order valence-corrected chi connectivity index (χ0v) is 14.2. The van der Waals surface area contributed by atoms with Crippen molar-refractivity contribution in [2.24, 2.45) is 0 Å². The van der Waals surface area contributed by atoms with E-state index in [1.807, 2.05) is 6.92 Å². The van der Waals surface area contributed by atoms with Gasteiger partial charge in [-0.25, -0.2) is 8.42 Å². The van der Waals surface area contributed by atoms with Crippen molar-refractivity contribution in [3.8, 4) is 0 Å². The normalized spacial score (nSPS) is 11.7.